The van der Waals surface area contributed by atoms with Gasteiger partial charge in [0.1, 0.15) is 23.7 Å². The molecule has 1 fully saturated rings. The third-order valence-electron chi connectivity index (χ3n) is 5.97. The zero-order valence-electron chi connectivity index (χ0n) is 22.5. The average Bonchev–Trinajstić information content (AvgIpc) is 2.84. The summed E-state index contributed by atoms with van der Waals surface area (Å²) < 4.78 is 33.8. The number of benzene rings is 2. The Balaban J connectivity index is 1.61. The van der Waals surface area contributed by atoms with Crippen molar-refractivity contribution < 1.29 is 33.2 Å². The third kappa shape index (κ3) is 7.51. The van der Waals surface area contributed by atoms with Crippen LogP contribution in [0.25, 0.3) is 0 Å². The second kappa shape index (κ2) is 12.3. The van der Waals surface area contributed by atoms with Crippen molar-refractivity contribution in [3.8, 4) is 23.0 Å². The van der Waals surface area contributed by atoms with Gasteiger partial charge in [-0.15, -0.1) is 0 Å². The van der Waals surface area contributed by atoms with Crippen LogP contribution >= 0.6 is 0 Å². The molecule has 198 valence electrons. The molecule has 1 saturated heterocycles. The van der Waals surface area contributed by atoms with Gasteiger partial charge in [0.15, 0.2) is 11.5 Å². The molecule has 3 rings (SSSR count). The number of hydrogen-bond acceptors (Lipinski definition) is 8. The van der Waals surface area contributed by atoms with Gasteiger partial charge in [-0.1, -0.05) is 6.07 Å². The number of carbonyl (C=O) groups is 1. The van der Waals surface area contributed by atoms with Crippen LogP contribution in [0.15, 0.2) is 30.3 Å². The van der Waals surface area contributed by atoms with Gasteiger partial charge in [-0.2, -0.15) is 0 Å². The summed E-state index contributed by atoms with van der Waals surface area (Å²) in [5.41, 5.74) is 2.60. The molecule has 0 N–H and O–H groups in total. The smallest absolute Gasteiger partial charge is 0.307 e. The maximum Gasteiger partial charge on any atom is 0.307 e. The molecular weight excluding hydrogens is 462 g/mol. The van der Waals surface area contributed by atoms with Crippen molar-refractivity contribution in [1.29, 1.82) is 0 Å². The van der Waals surface area contributed by atoms with Crippen LogP contribution < -0.4 is 18.9 Å². The van der Waals surface area contributed by atoms with Gasteiger partial charge >= 0.3 is 5.97 Å². The summed E-state index contributed by atoms with van der Waals surface area (Å²) in [5.74, 6) is 2.48. The van der Waals surface area contributed by atoms with Gasteiger partial charge in [-0.05, 0) is 57.0 Å². The van der Waals surface area contributed by atoms with E-state index in [9.17, 15) is 4.79 Å². The summed E-state index contributed by atoms with van der Waals surface area (Å²) in [6.07, 6.45) is 0.312. The van der Waals surface area contributed by atoms with Crippen LogP contribution in [-0.4, -0.2) is 64.0 Å². The van der Waals surface area contributed by atoms with E-state index in [1.165, 1.54) is 0 Å². The number of esters is 1. The van der Waals surface area contributed by atoms with Crippen LogP contribution in [-0.2, 0) is 20.9 Å². The van der Waals surface area contributed by atoms with Crippen molar-refractivity contribution in [1.82, 2.24) is 4.90 Å². The predicted octanol–water partition coefficient (Wildman–Crippen LogP) is 4.70. The largest absolute Gasteiger partial charge is 0.496 e. The molecule has 0 aliphatic carbocycles. The molecule has 1 unspecified atom stereocenters. The minimum Gasteiger partial charge on any atom is -0.496 e. The topological polar surface area (TPSA) is 75.7 Å². The Morgan fingerprint density at radius 2 is 1.72 bits per heavy atom. The van der Waals surface area contributed by atoms with E-state index in [1.807, 2.05) is 39.0 Å². The van der Waals surface area contributed by atoms with Crippen LogP contribution in [0.3, 0.4) is 0 Å². The van der Waals surface area contributed by atoms with E-state index in [0.29, 0.717) is 43.4 Å². The lowest BCUT2D eigenvalue weighted by atomic mass is 10.0. The fourth-order valence-electron chi connectivity index (χ4n) is 4.20. The number of carbonyl (C=O) groups excluding carboxylic acids is 1. The molecule has 8 heteroatoms. The van der Waals surface area contributed by atoms with Crippen molar-refractivity contribution in [2.24, 2.45) is 0 Å². The van der Waals surface area contributed by atoms with Crippen molar-refractivity contribution in [2.45, 2.75) is 52.4 Å². The number of rotatable bonds is 10. The third-order valence-corrected chi connectivity index (χ3v) is 5.97. The second-order valence-corrected chi connectivity index (χ2v) is 9.82. The maximum absolute atomic E-state index is 12.1. The average molecular weight is 502 g/mol. The van der Waals surface area contributed by atoms with Crippen LogP contribution in [0.5, 0.6) is 23.0 Å². The summed E-state index contributed by atoms with van der Waals surface area (Å²) in [5, 5.41) is 0. The number of methoxy groups -OCH3 is 3. The molecule has 0 spiro atoms. The van der Waals surface area contributed by atoms with E-state index < -0.39 is 5.60 Å². The molecule has 36 heavy (non-hydrogen) atoms. The summed E-state index contributed by atoms with van der Waals surface area (Å²) in [7, 11) is 4.81. The Morgan fingerprint density at radius 1 is 1.03 bits per heavy atom. The molecule has 0 saturated carbocycles. The van der Waals surface area contributed by atoms with Crippen LogP contribution in [0.2, 0.25) is 0 Å². The zero-order valence-corrected chi connectivity index (χ0v) is 22.5. The highest BCUT2D eigenvalue weighted by Gasteiger charge is 2.25. The number of hydrogen-bond donors (Lipinski definition) is 0. The van der Waals surface area contributed by atoms with Crippen molar-refractivity contribution >= 4 is 5.97 Å². The normalized spacial score (nSPS) is 16.4. The van der Waals surface area contributed by atoms with Gasteiger partial charge < -0.3 is 28.4 Å². The molecule has 0 radical (unpaired) electrons. The van der Waals surface area contributed by atoms with E-state index in [-0.39, 0.29) is 12.1 Å². The first-order valence-electron chi connectivity index (χ1n) is 12.2. The summed E-state index contributed by atoms with van der Waals surface area (Å²) in [6.45, 7) is 10.8. The zero-order chi connectivity index (χ0) is 26.3. The monoisotopic (exact) mass is 501 g/mol. The number of nitrogens with zero attached hydrogens (tertiary/aromatic N) is 1. The number of aryl methyl sites for hydroxylation is 1. The fourth-order valence-corrected chi connectivity index (χ4v) is 4.20. The first kappa shape index (κ1) is 27.6. The van der Waals surface area contributed by atoms with Crippen LogP contribution in [0.1, 0.15) is 50.0 Å². The lowest BCUT2D eigenvalue weighted by molar-refractivity contribution is -0.155. The molecule has 1 atom stereocenters. The van der Waals surface area contributed by atoms with Gasteiger partial charge in [0.05, 0.1) is 40.5 Å². The van der Waals surface area contributed by atoms with Crippen molar-refractivity contribution in [2.75, 3.05) is 47.6 Å². The van der Waals surface area contributed by atoms with Gasteiger partial charge in [0.2, 0.25) is 0 Å². The highest BCUT2D eigenvalue weighted by Crippen LogP contribution is 2.35. The highest BCUT2D eigenvalue weighted by molar-refractivity contribution is 5.70. The molecule has 2 aromatic carbocycles. The predicted molar refractivity (Wildman–Crippen MR) is 137 cm³/mol. The Hall–Kier alpha value is -2.97. The molecule has 1 heterocycles. The molecule has 0 bridgehead atoms. The second-order valence-electron chi connectivity index (χ2n) is 9.82. The summed E-state index contributed by atoms with van der Waals surface area (Å²) >= 11 is 0. The number of ether oxygens (including phenoxy) is 6. The number of morpholine rings is 1. The van der Waals surface area contributed by atoms with Crippen LogP contribution in [0, 0.1) is 6.92 Å². The molecular formula is C28H39NO7. The van der Waals surface area contributed by atoms with E-state index in [4.69, 9.17) is 28.4 Å². The lowest BCUT2D eigenvalue weighted by Crippen LogP contribution is -2.40. The van der Waals surface area contributed by atoms with Crippen molar-refractivity contribution in [3.05, 3.63) is 47.0 Å². The minimum absolute atomic E-state index is 0.0580. The minimum atomic E-state index is -0.462. The fraction of sp³-hybridized carbons (Fsp3) is 0.536. The van der Waals surface area contributed by atoms with E-state index in [0.717, 1.165) is 35.5 Å². The lowest BCUT2D eigenvalue weighted by Gasteiger charge is -2.33. The quantitative estimate of drug-likeness (QED) is 0.434. The Morgan fingerprint density at radius 3 is 2.36 bits per heavy atom. The SMILES string of the molecule is COc1cc(OC)c(OC)cc1COc1ccc(C2CN(CCC(=O)OC(C)(C)C)CCO2)c(C)c1. The molecule has 0 amide bonds. The molecule has 0 aromatic heterocycles. The molecule has 1 aliphatic rings. The van der Waals surface area contributed by atoms with E-state index in [1.54, 1.807) is 27.4 Å². The van der Waals surface area contributed by atoms with Gasteiger partial charge in [0, 0.05) is 31.3 Å². The first-order chi connectivity index (χ1) is 17.1. The first-order valence-corrected chi connectivity index (χ1v) is 12.2. The summed E-state index contributed by atoms with van der Waals surface area (Å²) in [6, 6.07) is 9.68. The van der Waals surface area contributed by atoms with E-state index in [2.05, 4.69) is 17.9 Å². The van der Waals surface area contributed by atoms with Gasteiger partial charge in [0.25, 0.3) is 0 Å². The van der Waals surface area contributed by atoms with Gasteiger partial charge in [-0.3, -0.25) is 9.69 Å². The molecule has 2 aromatic rings. The highest BCUT2D eigenvalue weighted by atomic mass is 16.6. The van der Waals surface area contributed by atoms with Crippen molar-refractivity contribution in [3.63, 3.8) is 0 Å². The van der Waals surface area contributed by atoms with Gasteiger partial charge in [-0.25, -0.2) is 0 Å². The standard InChI is InChI=1S/C28H39NO7/c1-19-14-21(35-18-20-15-24(32-6)25(33-7)16-23(20)31-5)8-9-22(19)26-17-29(12-13-34-26)11-10-27(30)36-28(2,3)4/h8-9,14-16,26H,10-13,17-18H2,1-7H3. The summed E-state index contributed by atoms with van der Waals surface area (Å²) in [4.78, 5) is 14.4. The Bertz CT molecular complexity index is 1030. The van der Waals surface area contributed by atoms with Crippen LogP contribution in [0.4, 0.5) is 0 Å². The van der Waals surface area contributed by atoms with E-state index >= 15 is 0 Å². The Labute approximate surface area is 214 Å². The molecule has 8 nitrogen and oxygen atoms in total. The molecule has 1 aliphatic heterocycles. The Kier molecular flexibility index (Phi) is 9.45. The maximum atomic E-state index is 12.1.